The van der Waals surface area contributed by atoms with Gasteiger partial charge in [-0.2, -0.15) is 5.26 Å². The molecule has 0 fully saturated rings. The molecule has 1 aromatic carbocycles. The van der Waals surface area contributed by atoms with Crippen molar-refractivity contribution in [1.29, 1.82) is 5.26 Å². The van der Waals surface area contributed by atoms with Crippen LogP contribution in [0.25, 0.3) is 0 Å². The summed E-state index contributed by atoms with van der Waals surface area (Å²) in [5, 5.41) is 12.8. The summed E-state index contributed by atoms with van der Waals surface area (Å²) in [5.41, 5.74) is 1.98. The minimum atomic E-state index is -0.305. The second-order valence-electron chi connectivity index (χ2n) is 3.26. The molecule has 1 N–H and O–H groups in total. The van der Waals surface area contributed by atoms with Crippen molar-refractivity contribution >= 4 is 11.6 Å². The highest BCUT2D eigenvalue weighted by Gasteiger charge is 2.11. The molecular weight excluding hydrogens is 208 g/mol. The van der Waals surface area contributed by atoms with Crippen molar-refractivity contribution in [3.05, 3.63) is 47.0 Å². The van der Waals surface area contributed by atoms with Crippen molar-refractivity contribution in [2.45, 2.75) is 13.0 Å². The van der Waals surface area contributed by atoms with Crippen LogP contribution in [0.5, 0.6) is 0 Å². The maximum atomic E-state index is 9.02. The molecule has 0 saturated carbocycles. The second-order valence-corrected chi connectivity index (χ2v) is 3.70. The molecule has 15 heavy (non-hydrogen) atoms. The highest BCUT2D eigenvalue weighted by atomic mass is 35.5. The molecule has 1 unspecified atom stereocenters. The summed E-state index contributed by atoms with van der Waals surface area (Å²) in [6.07, 6.45) is 1.73. The molecule has 3 heteroatoms. The summed E-state index contributed by atoms with van der Waals surface area (Å²) in [4.78, 5) is 0. The zero-order chi connectivity index (χ0) is 11.3. The molecule has 78 valence electrons. The number of rotatable bonds is 4. The van der Waals surface area contributed by atoms with Gasteiger partial charge in [-0.3, -0.25) is 5.32 Å². The molecule has 1 atom stereocenters. The number of nitrogens with one attached hydrogen (secondary N) is 1. The molecule has 0 aliphatic rings. The third-order valence-corrected chi connectivity index (χ3v) is 2.37. The number of hydrogen-bond donors (Lipinski definition) is 1. The molecule has 0 radical (unpaired) electrons. The normalized spacial score (nSPS) is 11.8. The van der Waals surface area contributed by atoms with Gasteiger partial charge >= 0.3 is 0 Å². The minimum absolute atomic E-state index is 0.305. The van der Waals surface area contributed by atoms with Crippen LogP contribution >= 0.6 is 11.6 Å². The van der Waals surface area contributed by atoms with Gasteiger partial charge in [0.15, 0.2) is 0 Å². The van der Waals surface area contributed by atoms with E-state index in [4.69, 9.17) is 16.9 Å². The van der Waals surface area contributed by atoms with Gasteiger partial charge in [-0.05, 0) is 30.2 Å². The third kappa shape index (κ3) is 3.09. The van der Waals surface area contributed by atoms with Crippen LogP contribution in [0.2, 0.25) is 5.02 Å². The van der Waals surface area contributed by atoms with Crippen LogP contribution in [-0.2, 0) is 0 Å². The fourth-order valence-corrected chi connectivity index (χ4v) is 1.62. The fourth-order valence-electron chi connectivity index (χ4n) is 1.39. The van der Waals surface area contributed by atoms with Crippen LogP contribution in [0.15, 0.2) is 30.9 Å². The Balaban J connectivity index is 2.92. The van der Waals surface area contributed by atoms with Crippen LogP contribution in [0.3, 0.4) is 0 Å². The highest BCUT2D eigenvalue weighted by Crippen LogP contribution is 2.20. The number of nitriles is 1. The van der Waals surface area contributed by atoms with Crippen LogP contribution in [0.1, 0.15) is 17.2 Å². The number of benzene rings is 1. The van der Waals surface area contributed by atoms with Gasteiger partial charge < -0.3 is 0 Å². The van der Waals surface area contributed by atoms with Crippen molar-refractivity contribution in [2.75, 3.05) is 6.54 Å². The van der Waals surface area contributed by atoms with E-state index >= 15 is 0 Å². The van der Waals surface area contributed by atoms with Crippen LogP contribution in [-0.4, -0.2) is 6.54 Å². The Kier molecular flexibility index (Phi) is 4.36. The van der Waals surface area contributed by atoms with E-state index in [1.165, 1.54) is 0 Å². The molecule has 0 spiro atoms. The van der Waals surface area contributed by atoms with Gasteiger partial charge in [-0.1, -0.05) is 23.7 Å². The standard InChI is InChI=1S/C12H13ClN2/c1-3-6-15-12(8-14)11-5-4-10(13)7-9(11)2/h3-5,7,12,15H,1,6H2,2H3. The number of halogens is 1. The van der Waals surface area contributed by atoms with Crippen molar-refractivity contribution in [1.82, 2.24) is 5.32 Å². The van der Waals surface area contributed by atoms with E-state index in [0.717, 1.165) is 11.1 Å². The van der Waals surface area contributed by atoms with Crippen molar-refractivity contribution in [3.63, 3.8) is 0 Å². The Hall–Kier alpha value is -1.30. The van der Waals surface area contributed by atoms with Gasteiger partial charge in [0.05, 0.1) is 6.07 Å². The Bertz CT molecular complexity index is 393. The molecule has 0 heterocycles. The first kappa shape index (κ1) is 11.8. The van der Waals surface area contributed by atoms with Gasteiger partial charge in [0.1, 0.15) is 6.04 Å². The average Bonchev–Trinajstić information content (AvgIpc) is 2.21. The largest absolute Gasteiger partial charge is 0.295 e. The van der Waals surface area contributed by atoms with Gasteiger partial charge in [0.2, 0.25) is 0 Å². The van der Waals surface area contributed by atoms with E-state index in [1.807, 2.05) is 19.1 Å². The zero-order valence-corrected chi connectivity index (χ0v) is 9.38. The molecular formula is C12H13ClN2. The molecule has 0 aromatic heterocycles. The average molecular weight is 221 g/mol. The van der Waals surface area contributed by atoms with Crippen molar-refractivity contribution < 1.29 is 0 Å². The topological polar surface area (TPSA) is 35.8 Å². The van der Waals surface area contributed by atoms with Gasteiger partial charge in [-0.25, -0.2) is 0 Å². The Morgan fingerprint density at radius 2 is 2.40 bits per heavy atom. The quantitative estimate of drug-likeness (QED) is 0.792. The molecule has 0 saturated heterocycles. The first-order valence-electron chi connectivity index (χ1n) is 4.69. The lowest BCUT2D eigenvalue weighted by Gasteiger charge is -2.13. The summed E-state index contributed by atoms with van der Waals surface area (Å²) in [6, 6.07) is 7.44. The smallest absolute Gasteiger partial charge is 0.121 e. The van der Waals surface area contributed by atoms with E-state index in [2.05, 4.69) is 18.0 Å². The number of hydrogen-bond acceptors (Lipinski definition) is 2. The van der Waals surface area contributed by atoms with Gasteiger partial charge in [0, 0.05) is 11.6 Å². The fraction of sp³-hybridized carbons (Fsp3) is 0.250. The zero-order valence-electron chi connectivity index (χ0n) is 8.63. The minimum Gasteiger partial charge on any atom is -0.295 e. The predicted octanol–water partition coefficient (Wildman–Crippen LogP) is 2.99. The summed E-state index contributed by atoms with van der Waals surface area (Å²) < 4.78 is 0. The maximum absolute atomic E-state index is 9.02. The molecule has 0 amide bonds. The lowest BCUT2D eigenvalue weighted by Crippen LogP contribution is -2.20. The first-order valence-corrected chi connectivity index (χ1v) is 5.06. The Morgan fingerprint density at radius 1 is 1.67 bits per heavy atom. The number of aryl methyl sites for hydroxylation is 1. The number of nitrogens with zero attached hydrogens (tertiary/aromatic N) is 1. The third-order valence-electron chi connectivity index (χ3n) is 2.14. The van der Waals surface area contributed by atoms with Gasteiger partial charge in [0.25, 0.3) is 0 Å². The van der Waals surface area contributed by atoms with E-state index in [1.54, 1.807) is 12.1 Å². The lowest BCUT2D eigenvalue weighted by atomic mass is 10.0. The summed E-state index contributed by atoms with van der Waals surface area (Å²) in [7, 11) is 0. The summed E-state index contributed by atoms with van der Waals surface area (Å²) in [5.74, 6) is 0. The monoisotopic (exact) mass is 220 g/mol. The summed E-state index contributed by atoms with van der Waals surface area (Å²) in [6.45, 7) is 6.16. The Labute approximate surface area is 95.2 Å². The molecule has 0 bridgehead atoms. The van der Waals surface area contributed by atoms with Crippen molar-refractivity contribution in [2.24, 2.45) is 0 Å². The van der Waals surface area contributed by atoms with E-state index in [-0.39, 0.29) is 6.04 Å². The molecule has 0 aliphatic carbocycles. The van der Waals surface area contributed by atoms with Gasteiger partial charge in [-0.15, -0.1) is 6.58 Å². The lowest BCUT2D eigenvalue weighted by molar-refractivity contribution is 0.680. The highest BCUT2D eigenvalue weighted by molar-refractivity contribution is 6.30. The van der Waals surface area contributed by atoms with Crippen molar-refractivity contribution in [3.8, 4) is 6.07 Å². The Morgan fingerprint density at radius 3 is 2.93 bits per heavy atom. The second kappa shape index (κ2) is 5.55. The predicted molar refractivity (Wildman–Crippen MR) is 62.7 cm³/mol. The van der Waals surface area contributed by atoms with E-state index in [9.17, 15) is 0 Å². The van der Waals surface area contributed by atoms with E-state index < -0.39 is 0 Å². The molecule has 1 rings (SSSR count). The summed E-state index contributed by atoms with van der Waals surface area (Å²) >= 11 is 5.85. The molecule has 2 nitrogen and oxygen atoms in total. The SMILES string of the molecule is C=CCNC(C#N)c1ccc(Cl)cc1C. The first-order chi connectivity index (χ1) is 7.19. The van der Waals surface area contributed by atoms with Crippen LogP contribution in [0.4, 0.5) is 0 Å². The maximum Gasteiger partial charge on any atom is 0.121 e. The molecule has 0 aliphatic heterocycles. The van der Waals surface area contributed by atoms with E-state index in [0.29, 0.717) is 11.6 Å². The molecule has 1 aromatic rings. The van der Waals surface area contributed by atoms with Crippen LogP contribution in [0, 0.1) is 18.3 Å². The van der Waals surface area contributed by atoms with Crippen LogP contribution < -0.4 is 5.32 Å².